The molecule has 4 aromatic rings. The van der Waals surface area contributed by atoms with Crippen molar-refractivity contribution in [3.05, 3.63) is 102 Å². The molecule has 1 atom stereocenters. The fraction of sp³-hybridized carbons (Fsp3) is 0.143. The van der Waals surface area contributed by atoms with Crippen LogP contribution in [0.5, 0.6) is 0 Å². The van der Waals surface area contributed by atoms with E-state index in [0.29, 0.717) is 17.7 Å². The number of fused-ring (bicyclic) bond motifs is 1. The maximum atomic E-state index is 12.7. The van der Waals surface area contributed by atoms with Crippen LogP contribution in [0, 0.1) is 5.92 Å². The first-order chi connectivity index (χ1) is 17.5. The van der Waals surface area contributed by atoms with E-state index in [1.165, 1.54) is 0 Å². The van der Waals surface area contributed by atoms with Crippen LogP contribution < -0.4 is 21.7 Å². The van der Waals surface area contributed by atoms with Crippen molar-refractivity contribution in [2.45, 2.75) is 19.3 Å². The number of hydrogen-bond donors (Lipinski definition) is 4. The number of pyridine rings is 2. The fourth-order valence-electron chi connectivity index (χ4n) is 4.30. The normalized spacial score (nSPS) is 14.4. The van der Waals surface area contributed by atoms with Gasteiger partial charge in [0.1, 0.15) is 0 Å². The first-order valence-electron chi connectivity index (χ1n) is 11.8. The van der Waals surface area contributed by atoms with Crippen molar-refractivity contribution >= 4 is 40.3 Å². The molecule has 0 aliphatic heterocycles. The smallest absolute Gasteiger partial charge is 0.255 e. The number of aryl methyl sites for hydroxylation is 1. The van der Waals surface area contributed by atoms with Gasteiger partial charge in [0.2, 0.25) is 5.91 Å². The zero-order chi connectivity index (χ0) is 24.9. The van der Waals surface area contributed by atoms with E-state index >= 15 is 0 Å². The SMILES string of the molecule is NC(=O)C1CCc2nccc(Nc3ccc(C(=O)Nc4ccc(Nc5ccncc5)cc4)cc3)c2C1. The Hall–Kier alpha value is -4.72. The summed E-state index contributed by atoms with van der Waals surface area (Å²) in [5.41, 5.74) is 12.4. The number of hydrogen-bond acceptors (Lipinski definition) is 6. The van der Waals surface area contributed by atoms with Crippen LogP contribution >= 0.6 is 0 Å². The summed E-state index contributed by atoms with van der Waals surface area (Å²) in [6.45, 7) is 0. The maximum absolute atomic E-state index is 12.7. The molecule has 1 aliphatic rings. The van der Waals surface area contributed by atoms with E-state index in [0.717, 1.165) is 46.8 Å². The molecule has 0 saturated heterocycles. The molecule has 8 heteroatoms. The van der Waals surface area contributed by atoms with E-state index in [1.54, 1.807) is 30.7 Å². The van der Waals surface area contributed by atoms with E-state index in [2.05, 4.69) is 25.9 Å². The Labute approximate surface area is 209 Å². The van der Waals surface area contributed by atoms with E-state index in [9.17, 15) is 9.59 Å². The molecule has 2 aromatic heterocycles. The Morgan fingerprint density at radius 1 is 0.778 bits per heavy atom. The lowest BCUT2D eigenvalue weighted by molar-refractivity contribution is -0.122. The molecule has 8 nitrogen and oxygen atoms in total. The van der Waals surface area contributed by atoms with E-state index < -0.39 is 0 Å². The van der Waals surface area contributed by atoms with Gasteiger partial charge in [-0.3, -0.25) is 19.6 Å². The third kappa shape index (κ3) is 5.33. The number of carbonyl (C=O) groups excluding carboxylic acids is 2. The average molecular weight is 479 g/mol. The summed E-state index contributed by atoms with van der Waals surface area (Å²) in [7, 11) is 0. The van der Waals surface area contributed by atoms with Crippen LogP contribution in [0.25, 0.3) is 0 Å². The number of nitrogens with zero attached hydrogens (tertiary/aromatic N) is 2. The molecule has 180 valence electrons. The quantitative estimate of drug-likeness (QED) is 0.302. The van der Waals surface area contributed by atoms with Crippen molar-refractivity contribution in [1.29, 1.82) is 0 Å². The zero-order valence-electron chi connectivity index (χ0n) is 19.6. The van der Waals surface area contributed by atoms with Crippen LogP contribution in [0.1, 0.15) is 28.0 Å². The van der Waals surface area contributed by atoms with Crippen molar-refractivity contribution in [1.82, 2.24) is 9.97 Å². The monoisotopic (exact) mass is 478 g/mol. The highest BCUT2D eigenvalue weighted by atomic mass is 16.2. The Balaban J connectivity index is 1.22. The van der Waals surface area contributed by atoms with Crippen molar-refractivity contribution in [2.24, 2.45) is 11.7 Å². The summed E-state index contributed by atoms with van der Waals surface area (Å²) in [6.07, 6.45) is 7.26. The van der Waals surface area contributed by atoms with Gasteiger partial charge in [-0.1, -0.05) is 0 Å². The minimum absolute atomic E-state index is 0.172. The molecule has 36 heavy (non-hydrogen) atoms. The lowest BCUT2D eigenvalue weighted by atomic mass is 9.85. The number of nitrogens with two attached hydrogens (primary N) is 1. The fourth-order valence-corrected chi connectivity index (χ4v) is 4.30. The van der Waals surface area contributed by atoms with Crippen molar-refractivity contribution in [2.75, 3.05) is 16.0 Å². The Bertz CT molecular complexity index is 1370. The van der Waals surface area contributed by atoms with Gasteiger partial charge in [0.15, 0.2) is 0 Å². The molecule has 5 N–H and O–H groups in total. The number of carbonyl (C=O) groups is 2. The Kier molecular flexibility index (Phi) is 6.57. The van der Waals surface area contributed by atoms with Crippen molar-refractivity contribution in [3.63, 3.8) is 0 Å². The largest absolute Gasteiger partial charge is 0.369 e. The van der Waals surface area contributed by atoms with E-state index in [1.807, 2.05) is 54.6 Å². The Morgan fingerprint density at radius 2 is 1.42 bits per heavy atom. The topological polar surface area (TPSA) is 122 Å². The Morgan fingerprint density at radius 3 is 2.14 bits per heavy atom. The number of primary amides is 1. The second kappa shape index (κ2) is 10.3. The highest BCUT2D eigenvalue weighted by molar-refractivity contribution is 6.04. The predicted octanol–water partition coefficient (Wildman–Crippen LogP) is 4.81. The number of benzene rings is 2. The van der Waals surface area contributed by atoms with Gasteiger partial charge in [-0.2, -0.15) is 0 Å². The third-order valence-corrected chi connectivity index (χ3v) is 6.27. The zero-order valence-corrected chi connectivity index (χ0v) is 19.6. The van der Waals surface area contributed by atoms with Crippen LogP contribution in [0.3, 0.4) is 0 Å². The van der Waals surface area contributed by atoms with E-state index in [4.69, 9.17) is 5.73 Å². The highest BCUT2D eigenvalue weighted by Gasteiger charge is 2.25. The number of anilines is 5. The standard InChI is InChI=1S/C28H26N6O2/c29-27(35)19-3-10-25-24(17-19)26(13-16-31-25)33-21-4-1-18(2-5-21)28(36)34-22-8-6-20(7-9-22)32-23-11-14-30-15-12-23/h1-2,4-9,11-16,19H,3,10,17H2,(H2,29,35)(H,30,32)(H,31,33)(H,34,36). The molecule has 0 bridgehead atoms. The van der Waals surface area contributed by atoms with E-state index in [-0.39, 0.29) is 17.7 Å². The molecule has 2 heterocycles. The molecule has 0 saturated carbocycles. The predicted molar refractivity (Wildman–Crippen MR) is 141 cm³/mol. The van der Waals surface area contributed by atoms with Gasteiger partial charge < -0.3 is 21.7 Å². The summed E-state index contributed by atoms with van der Waals surface area (Å²) < 4.78 is 0. The summed E-state index contributed by atoms with van der Waals surface area (Å²) >= 11 is 0. The molecule has 0 spiro atoms. The second-order valence-corrected chi connectivity index (χ2v) is 8.72. The minimum Gasteiger partial charge on any atom is -0.369 e. The van der Waals surface area contributed by atoms with Crippen LogP contribution in [-0.4, -0.2) is 21.8 Å². The lowest BCUT2D eigenvalue weighted by Gasteiger charge is -2.24. The number of amides is 2. The van der Waals surface area contributed by atoms with Gasteiger partial charge in [-0.15, -0.1) is 0 Å². The van der Waals surface area contributed by atoms with Crippen LogP contribution in [0.2, 0.25) is 0 Å². The van der Waals surface area contributed by atoms with Gasteiger partial charge in [0, 0.05) is 64.2 Å². The second-order valence-electron chi connectivity index (χ2n) is 8.72. The summed E-state index contributed by atoms with van der Waals surface area (Å²) in [5, 5.41) is 9.61. The lowest BCUT2D eigenvalue weighted by Crippen LogP contribution is -2.29. The first kappa shape index (κ1) is 23.0. The molecule has 1 aliphatic carbocycles. The van der Waals surface area contributed by atoms with Crippen molar-refractivity contribution < 1.29 is 9.59 Å². The maximum Gasteiger partial charge on any atom is 0.255 e. The molecular weight excluding hydrogens is 452 g/mol. The van der Waals surface area contributed by atoms with Gasteiger partial charge in [-0.25, -0.2) is 0 Å². The molecule has 1 unspecified atom stereocenters. The van der Waals surface area contributed by atoms with Crippen LogP contribution in [-0.2, 0) is 17.6 Å². The number of aromatic nitrogens is 2. The molecular formula is C28H26N6O2. The summed E-state index contributed by atoms with van der Waals surface area (Å²) in [5.74, 6) is -0.638. The average Bonchev–Trinajstić information content (AvgIpc) is 2.91. The van der Waals surface area contributed by atoms with Crippen LogP contribution in [0.4, 0.5) is 28.4 Å². The summed E-state index contributed by atoms with van der Waals surface area (Å²) in [4.78, 5) is 32.9. The molecule has 2 amide bonds. The molecule has 0 radical (unpaired) electrons. The van der Waals surface area contributed by atoms with Crippen molar-refractivity contribution in [3.8, 4) is 0 Å². The number of nitrogens with one attached hydrogen (secondary N) is 3. The van der Waals surface area contributed by atoms with Gasteiger partial charge in [-0.05, 0) is 91.6 Å². The number of rotatable bonds is 7. The highest BCUT2D eigenvalue weighted by Crippen LogP contribution is 2.31. The molecule has 2 aromatic carbocycles. The van der Waals surface area contributed by atoms with Gasteiger partial charge in [0.25, 0.3) is 5.91 Å². The van der Waals surface area contributed by atoms with Gasteiger partial charge >= 0.3 is 0 Å². The van der Waals surface area contributed by atoms with Gasteiger partial charge in [0.05, 0.1) is 0 Å². The molecule has 5 rings (SSSR count). The summed E-state index contributed by atoms with van der Waals surface area (Å²) in [6, 6.07) is 20.4. The van der Waals surface area contributed by atoms with Crippen LogP contribution in [0.15, 0.2) is 85.3 Å². The first-order valence-corrected chi connectivity index (χ1v) is 11.8. The molecule has 0 fully saturated rings. The minimum atomic E-state index is -0.273. The third-order valence-electron chi connectivity index (χ3n) is 6.27.